The molecule has 0 fully saturated rings. The average Bonchev–Trinajstić information content (AvgIpc) is 2.54. The van der Waals surface area contributed by atoms with Crippen LogP contribution < -0.4 is 0 Å². The van der Waals surface area contributed by atoms with Crippen molar-refractivity contribution < 1.29 is 36.6 Å². The summed E-state index contributed by atoms with van der Waals surface area (Å²) in [6, 6.07) is 0. The Labute approximate surface area is 142 Å². The molecule has 25 heavy (non-hydrogen) atoms. The molecule has 0 aliphatic carbocycles. The van der Waals surface area contributed by atoms with E-state index in [0.29, 0.717) is 6.42 Å². The quantitative estimate of drug-likeness (QED) is 0.509. The fraction of sp³-hybridized carbons (Fsp3) is 0.562. The van der Waals surface area contributed by atoms with E-state index in [-0.39, 0.29) is 25.2 Å². The number of esters is 2. The molecule has 0 saturated heterocycles. The molecule has 0 atom stereocenters. The molecule has 0 saturated carbocycles. The predicted octanol–water partition coefficient (Wildman–Crippen LogP) is 4.26. The number of nitrogens with zero attached hydrogens (tertiary/aromatic N) is 1. The van der Waals surface area contributed by atoms with Gasteiger partial charge in [-0.1, -0.05) is 13.3 Å². The summed E-state index contributed by atoms with van der Waals surface area (Å²) in [5.41, 5.74) is -3.78. The van der Waals surface area contributed by atoms with Gasteiger partial charge in [0, 0.05) is 0 Å². The minimum atomic E-state index is -3.29. The van der Waals surface area contributed by atoms with Crippen molar-refractivity contribution in [3.05, 3.63) is 28.1 Å². The molecule has 0 N–H and O–H groups in total. The van der Waals surface area contributed by atoms with Crippen LogP contribution in [-0.2, 0) is 15.9 Å². The van der Waals surface area contributed by atoms with Gasteiger partial charge in [-0.3, -0.25) is 0 Å². The van der Waals surface area contributed by atoms with E-state index in [9.17, 15) is 27.2 Å². The summed E-state index contributed by atoms with van der Waals surface area (Å²) in [6.07, 6.45) is -6.33. The van der Waals surface area contributed by atoms with Crippen LogP contribution in [0.2, 0.25) is 0 Å². The van der Waals surface area contributed by atoms with Crippen molar-refractivity contribution in [3.63, 3.8) is 0 Å². The Bertz CT molecular complexity index is 587. The molecular formula is C16H19F4NO4. The Hall–Kier alpha value is -2.19. The number of aromatic nitrogens is 1. The monoisotopic (exact) mass is 365 g/mol. The van der Waals surface area contributed by atoms with Crippen LogP contribution in [0.25, 0.3) is 0 Å². The van der Waals surface area contributed by atoms with Crippen molar-refractivity contribution in [2.24, 2.45) is 0 Å². The van der Waals surface area contributed by atoms with E-state index in [0.717, 1.165) is 0 Å². The maximum atomic E-state index is 13.3. The van der Waals surface area contributed by atoms with E-state index < -0.39 is 47.3 Å². The zero-order valence-corrected chi connectivity index (χ0v) is 14.1. The lowest BCUT2D eigenvalue weighted by Gasteiger charge is -2.19. The van der Waals surface area contributed by atoms with Crippen molar-refractivity contribution in [2.75, 3.05) is 13.2 Å². The van der Waals surface area contributed by atoms with Gasteiger partial charge in [0.05, 0.1) is 24.3 Å². The van der Waals surface area contributed by atoms with Gasteiger partial charge in [0.2, 0.25) is 0 Å². The highest BCUT2D eigenvalue weighted by atomic mass is 19.3. The zero-order chi connectivity index (χ0) is 19.1. The van der Waals surface area contributed by atoms with Gasteiger partial charge in [-0.05, 0) is 25.8 Å². The molecule has 0 bridgehead atoms. The van der Waals surface area contributed by atoms with Gasteiger partial charge in [-0.2, -0.15) is 0 Å². The third kappa shape index (κ3) is 4.67. The van der Waals surface area contributed by atoms with E-state index in [1.54, 1.807) is 6.92 Å². The van der Waals surface area contributed by atoms with Crippen LogP contribution in [-0.4, -0.2) is 30.1 Å². The minimum absolute atomic E-state index is 0.0652. The van der Waals surface area contributed by atoms with Gasteiger partial charge in [0.25, 0.3) is 12.9 Å². The lowest BCUT2D eigenvalue weighted by atomic mass is 9.94. The molecule has 0 aliphatic heterocycles. The number of carbonyl (C=O) groups is 2. The van der Waals surface area contributed by atoms with E-state index >= 15 is 0 Å². The van der Waals surface area contributed by atoms with Crippen molar-refractivity contribution >= 4 is 11.9 Å². The first-order chi connectivity index (χ1) is 11.8. The van der Waals surface area contributed by atoms with Crippen molar-refractivity contribution in [1.29, 1.82) is 0 Å². The van der Waals surface area contributed by atoms with Crippen LogP contribution in [0.1, 0.15) is 77.7 Å². The smallest absolute Gasteiger partial charge is 0.340 e. The standard InChI is InChI=1S/C16H19F4NO4/c1-4-7-8-9(15(22)24-5-2)11(13(17)18)21-12(14(19)20)10(8)16(23)25-6-3/h13-14H,4-7H2,1-3H3. The maximum Gasteiger partial charge on any atom is 0.340 e. The highest BCUT2D eigenvalue weighted by molar-refractivity contribution is 5.99. The molecule has 1 aromatic rings. The highest BCUT2D eigenvalue weighted by Gasteiger charge is 2.34. The summed E-state index contributed by atoms with van der Waals surface area (Å²) in [4.78, 5) is 27.5. The Morgan fingerprint density at radius 2 is 1.28 bits per heavy atom. The Balaban J connectivity index is 3.86. The van der Waals surface area contributed by atoms with Crippen LogP contribution in [0.4, 0.5) is 17.6 Å². The second-order valence-corrected chi connectivity index (χ2v) is 4.90. The Kier molecular flexibility index (Phi) is 7.79. The van der Waals surface area contributed by atoms with Crippen LogP contribution in [0.15, 0.2) is 0 Å². The topological polar surface area (TPSA) is 65.5 Å². The summed E-state index contributed by atoms with van der Waals surface area (Å²) in [6.45, 7) is 4.35. The molecular weight excluding hydrogens is 346 g/mol. The summed E-state index contributed by atoms with van der Waals surface area (Å²) in [5.74, 6) is -2.28. The molecule has 0 aromatic carbocycles. The lowest BCUT2D eigenvalue weighted by molar-refractivity contribution is 0.0500. The first-order valence-electron chi connectivity index (χ1n) is 7.77. The number of halogens is 4. The number of alkyl halides is 4. The number of hydrogen-bond donors (Lipinski definition) is 0. The van der Waals surface area contributed by atoms with Crippen LogP contribution in [0, 0.1) is 0 Å². The van der Waals surface area contributed by atoms with Crippen LogP contribution >= 0.6 is 0 Å². The fourth-order valence-electron chi connectivity index (χ4n) is 2.35. The molecule has 1 aromatic heterocycles. The van der Waals surface area contributed by atoms with Gasteiger partial charge in [0.15, 0.2) is 0 Å². The summed E-state index contributed by atoms with van der Waals surface area (Å²) in [5, 5.41) is 0. The molecule has 5 nitrogen and oxygen atoms in total. The first-order valence-corrected chi connectivity index (χ1v) is 7.77. The largest absolute Gasteiger partial charge is 0.462 e. The molecule has 0 unspecified atom stereocenters. The van der Waals surface area contributed by atoms with Crippen LogP contribution in [0.5, 0.6) is 0 Å². The van der Waals surface area contributed by atoms with Gasteiger partial charge >= 0.3 is 11.9 Å². The van der Waals surface area contributed by atoms with E-state index in [2.05, 4.69) is 4.98 Å². The summed E-state index contributed by atoms with van der Waals surface area (Å²) >= 11 is 0. The van der Waals surface area contributed by atoms with Gasteiger partial charge in [-0.15, -0.1) is 0 Å². The zero-order valence-electron chi connectivity index (χ0n) is 14.1. The van der Waals surface area contributed by atoms with Gasteiger partial charge in [-0.25, -0.2) is 32.1 Å². The third-order valence-electron chi connectivity index (χ3n) is 3.23. The number of hydrogen-bond acceptors (Lipinski definition) is 5. The van der Waals surface area contributed by atoms with Crippen LogP contribution in [0.3, 0.4) is 0 Å². The van der Waals surface area contributed by atoms with Gasteiger partial charge in [0.1, 0.15) is 11.4 Å². The summed E-state index contributed by atoms with van der Waals surface area (Å²) < 4.78 is 62.9. The van der Waals surface area contributed by atoms with E-state index in [1.165, 1.54) is 13.8 Å². The van der Waals surface area contributed by atoms with E-state index in [4.69, 9.17) is 9.47 Å². The lowest BCUT2D eigenvalue weighted by Crippen LogP contribution is -2.22. The van der Waals surface area contributed by atoms with Gasteiger partial charge < -0.3 is 9.47 Å². The number of rotatable bonds is 8. The molecule has 0 spiro atoms. The van der Waals surface area contributed by atoms with Crippen molar-refractivity contribution in [3.8, 4) is 0 Å². The number of carbonyl (C=O) groups excluding carboxylic acids is 2. The average molecular weight is 365 g/mol. The highest BCUT2D eigenvalue weighted by Crippen LogP contribution is 2.33. The number of ether oxygens (including phenoxy) is 2. The molecule has 9 heteroatoms. The maximum absolute atomic E-state index is 13.3. The van der Waals surface area contributed by atoms with Crippen molar-refractivity contribution in [2.45, 2.75) is 46.5 Å². The second kappa shape index (κ2) is 9.33. The number of pyridine rings is 1. The molecule has 1 heterocycles. The second-order valence-electron chi connectivity index (χ2n) is 4.90. The molecule has 0 amide bonds. The fourth-order valence-corrected chi connectivity index (χ4v) is 2.35. The predicted molar refractivity (Wildman–Crippen MR) is 80.1 cm³/mol. The molecule has 140 valence electrons. The first kappa shape index (κ1) is 20.9. The Morgan fingerprint density at radius 1 is 0.880 bits per heavy atom. The Morgan fingerprint density at radius 3 is 1.56 bits per heavy atom. The third-order valence-corrected chi connectivity index (χ3v) is 3.23. The summed E-state index contributed by atoms with van der Waals surface area (Å²) in [7, 11) is 0. The molecule has 0 radical (unpaired) electrons. The molecule has 1 rings (SSSR count). The SMILES string of the molecule is CCCc1c(C(=O)OCC)c(C(F)F)nc(C(F)F)c1C(=O)OCC. The molecule has 0 aliphatic rings. The van der Waals surface area contributed by atoms with E-state index in [1.807, 2.05) is 0 Å². The minimum Gasteiger partial charge on any atom is -0.462 e. The normalized spacial score (nSPS) is 11.1. The van der Waals surface area contributed by atoms with Crippen molar-refractivity contribution in [1.82, 2.24) is 4.98 Å².